The molecule has 18 heavy (non-hydrogen) atoms. The lowest BCUT2D eigenvalue weighted by atomic mass is 10.0. The van der Waals surface area contributed by atoms with Crippen LogP contribution >= 0.6 is 0 Å². The lowest BCUT2D eigenvalue weighted by Gasteiger charge is -2.37. The number of benzene rings is 1. The Morgan fingerprint density at radius 1 is 1.50 bits per heavy atom. The van der Waals surface area contributed by atoms with Gasteiger partial charge in [0.25, 0.3) is 0 Å². The maximum absolute atomic E-state index is 6.00. The molecule has 2 atom stereocenters. The summed E-state index contributed by atoms with van der Waals surface area (Å²) in [4.78, 5) is 2.47. The van der Waals surface area contributed by atoms with Crippen LogP contribution < -0.4 is 0 Å². The van der Waals surface area contributed by atoms with Crippen LogP contribution in [-0.4, -0.2) is 40.8 Å². The fourth-order valence-corrected chi connectivity index (χ4v) is 2.71. The Kier molecular flexibility index (Phi) is 3.06. The maximum Gasteiger partial charge on any atom is 0.0959 e. The van der Waals surface area contributed by atoms with E-state index in [9.17, 15) is 0 Å². The monoisotopic (exact) mass is 245 g/mol. The minimum absolute atomic E-state index is 0.155. The molecule has 1 N–H and O–H groups in total. The Balaban J connectivity index is 1.93. The third-order valence-corrected chi connectivity index (χ3v) is 3.83. The first-order valence-corrected chi connectivity index (χ1v) is 6.57. The van der Waals surface area contributed by atoms with Gasteiger partial charge in [-0.1, -0.05) is 19.1 Å². The number of nitrogens with zero attached hydrogens (tertiary/aromatic N) is 2. The highest BCUT2D eigenvalue weighted by Gasteiger charge is 2.27. The van der Waals surface area contributed by atoms with Crippen LogP contribution in [0.3, 0.4) is 0 Å². The summed E-state index contributed by atoms with van der Waals surface area (Å²) in [7, 11) is 0. The molecule has 4 heteroatoms. The Morgan fingerprint density at radius 3 is 3.22 bits per heavy atom. The third kappa shape index (κ3) is 1.91. The van der Waals surface area contributed by atoms with E-state index in [1.165, 1.54) is 10.9 Å². The zero-order chi connectivity index (χ0) is 12.5. The molecule has 0 radical (unpaired) electrons. The fourth-order valence-electron chi connectivity index (χ4n) is 2.71. The largest absolute Gasteiger partial charge is 0.371 e. The second kappa shape index (κ2) is 4.71. The maximum atomic E-state index is 6.00. The highest BCUT2D eigenvalue weighted by atomic mass is 16.5. The molecule has 1 aromatic carbocycles. The average Bonchev–Trinajstić information content (AvgIpc) is 2.87. The summed E-state index contributed by atoms with van der Waals surface area (Å²) in [6.45, 7) is 7.26. The third-order valence-electron chi connectivity index (χ3n) is 3.83. The highest BCUT2D eigenvalue weighted by molar-refractivity contribution is 5.81. The smallest absolute Gasteiger partial charge is 0.0959 e. The van der Waals surface area contributed by atoms with Crippen LogP contribution in [0.1, 0.15) is 25.5 Å². The molecule has 0 saturated carbocycles. The molecule has 96 valence electrons. The van der Waals surface area contributed by atoms with Gasteiger partial charge in [0.15, 0.2) is 0 Å². The van der Waals surface area contributed by atoms with Crippen molar-refractivity contribution in [2.45, 2.75) is 26.0 Å². The number of H-pyrrole nitrogens is 1. The van der Waals surface area contributed by atoms with Crippen molar-refractivity contribution in [3.05, 3.63) is 30.0 Å². The lowest BCUT2D eigenvalue weighted by molar-refractivity contribution is -0.0573. The molecular formula is C14H19N3O. The van der Waals surface area contributed by atoms with Gasteiger partial charge in [-0.25, -0.2) is 0 Å². The van der Waals surface area contributed by atoms with Gasteiger partial charge in [0.1, 0.15) is 0 Å². The number of hydrogen-bond acceptors (Lipinski definition) is 3. The molecule has 1 fully saturated rings. The van der Waals surface area contributed by atoms with E-state index in [0.717, 1.165) is 25.2 Å². The van der Waals surface area contributed by atoms with Crippen molar-refractivity contribution in [1.82, 2.24) is 15.1 Å². The van der Waals surface area contributed by atoms with Crippen LogP contribution in [0.4, 0.5) is 0 Å². The molecule has 2 aromatic rings. The first-order valence-electron chi connectivity index (χ1n) is 6.57. The molecule has 1 aromatic heterocycles. The van der Waals surface area contributed by atoms with Gasteiger partial charge in [0.2, 0.25) is 0 Å². The van der Waals surface area contributed by atoms with Crippen LogP contribution in [0, 0.1) is 0 Å². The van der Waals surface area contributed by atoms with Crippen molar-refractivity contribution >= 4 is 10.9 Å². The van der Waals surface area contributed by atoms with Gasteiger partial charge in [-0.2, -0.15) is 5.10 Å². The van der Waals surface area contributed by atoms with Crippen molar-refractivity contribution < 1.29 is 4.74 Å². The summed E-state index contributed by atoms with van der Waals surface area (Å²) in [6, 6.07) is 6.77. The number of rotatable bonds is 2. The molecule has 1 saturated heterocycles. The molecular weight excluding hydrogens is 226 g/mol. The van der Waals surface area contributed by atoms with Crippen LogP contribution in [0.2, 0.25) is 0 Å². The summed E-state index contributed by atoms with van der Waals surface area (Å²) < 4.78 is 6.00. The SMILES string of the molecule is CCN1C[C@H](c2cccc3[nH]ncc23)OC[C@@H]1C. The first-order chi connectivity index (χ1) is 8.79. The van der Waals surface area contributed by atoms with E-state index in [2.05, 4.69) is 47.1 Å². The molecule has 0 spiro atoms. The second-order valence-corrected chi connectivity index (χ2v) is 4.94. The normalized spacial score (nSPS) is 25.7. The van der Waals surface area contributed by atoms with E-state index in [1.54, 1.807) is 0 Å². The van der Waals surface area contributed by atoms with Gasteiger partial charge in [0.05, 0.1) is 24.4 Å². The van der Waals surface area contributed by atoms with Crippen LogP contribution in [-0.2, 0) is 4.74 Å². The summed E-state index contributed by atoms with van der Waals surface area (Å²) in [5.41, 5.74) is 2.32. The van der Waals surface area contributed by atoms with Crippen molar-refractivity contribution in [3.63, 3.8) is 0 Å². The minimum atomic E-state index is 0.155. The summed E-state index contributed by atoms with van der Waals surface area (Å²) in [6.07, 6.45) is 2.05. The molecule has 0 aliphatic carbocycles. The minimum Gasteiger partial charge on any atom is -0.371 e. The van der Waals surface area contributed by atoms with E-state index in [1.807, 2.05) is 6.20 Å². The van der Waals surface area contributed by atoms with Gasteiger partial charge in [0, 0.05) is 18.0 Å². The molecule has 1 aliphatic heterocycles. The van der Waals surface area contributed by atoms with Crippen LogP contribution in [0.5, 0.6) is 0 Å². The Labute approximate surface area is 107 Å². The lowest BCUT2D eigenvalue weighted by Crippen LogP contribution is -2.44. The van der Waals surface area contributed by atoms with E-state index < -0.39 is 0 Å². The second-order valence-electron chi connectivity index (χ2n) is 4.94. The van der Waals surface area contributed by atoms with Crippen molar-refractivity contribution in [1.29, 1.82) is 0 Å². The van der Waals surface area contributed by atoms with Crippen molar-refractivity contribution in [2.24, 2.45) is 0 Å². The standard InChI is InChI=1S/C14H19N3O/c1-3-17-8-14(18-9-10(17)2)11-5-4-6-13-12(11)7-15-16-13/h4-7,10,14H,3,8-9H2,1-2H3,(H,15,16)/t10-,14+/m0/s1. The average molecular weight is 245 g/mol. The summed E-state index contributed by atoms with van der Waals surface area (Å²) >= 11 is 0. The number of likely N-dealkylation sites (N-methyl/N-ethyl adjacent to an activating group) is 1. The van der Waals surface area contributed by atoms with E-state index >= 15 is 0 Å². The molecule has 1 aliphatic rings. The number of nitrogens with one attached hydrogen (secondary N) is 1. The fraction of sp³-hybridized carbons (Fsp3) is 0.500. The van der Waals surface area contributed by atoms with Gasteiger partial charge in [-0.3, -0.25) is 10.00 Å². The molecule has 0 bridgehead atoms. The first kappa shape index (κ1) is 11.7. The Hall–Kier alpha value is -1.39. The highest BCUT2D eigenvalue weighted by Crippen LogP contribution is 2.29. The number of ether oxygens (including phenoxy) is 1. The molecule has 0 amide bonds. The zero-order valence-corrected chi connectivity index (χ0v) is 10.9. The number of aromatic nitrogens is 2. The van der Waals surface area contributed by atoms with E-state index in [0.29, 0.717) is 6.04 Å². The molecule has 2 heterocycles. The van der Waals surface area contributed by atoms with Crippen molar-refractivity contribution in [2.75, 3.05) is 19.7 Å². The van der Waals surface area contributed by atoms with E-state index in [4.69, 9.17) is 4.74 Å². The van der Waals surface area contributed by atoms with Crippen LogP contribution in [0.15, 0.2) is 24.4 Å². The summed E-state index contributed by atoms with van der Waals surface area (Å²) in [5, 5.41) is 8.30. The number of fused-ring (bicyclic) bond motifs is 1. The van der Waals surface area contributed by atoms with Crippen LogP contribution in [0.25, 0.3) is 10.9 Å². The number of hydrogen-bond donors (Lipinski definition) is 1. The number of morpholine rings is 1. The topological polar surface area (TPSA) is 41.2 Å². The number of aromatic amines is 1. The molecule has 0 unspecified atom stereocenters. The predicted octanol–water partition coefficient (Wildman–Crippen LogP) is 2.34. The quantitative estimate of drug-likeness (QED) is 0.883. The van der Waals surface area contributed by atoms with Crippen molar-refractivity contribution in [3.8, 4) is 0 Å². The van der Waals surface area contributed by atoms with E-state index in [-0.39, 0.29) is 6.10 Å². The predicted molar refractivity (Wildman–Crippen MR) is 71.5 cm³/mol. The van der Waals surface area contributed by atoms with Gasteiger partial charge < -0.3 is 4.74 Å². The van der Waals surface area contributed by atoms with Gasteiger partial charge in [-0.05, 0) is 25.1 Å². The zero-order valence-electron chi connectivity index (χ0n) is 10.9. The molecule has 4 nitrogen and oxygen atoms in total. The molecule has 3 rings (SSSR count). The Morgan fingerprint density at radius 2 is 2.39 bits per heavy atom. The van der Waals surface area contributed by atoms with Gasteiger partial charge in [-0.15, -0.1) is 0 Å². The summed E-state index contributed by atoms with van der Waals surface area (Å²) in [5.74, 6) is 0. The Bertz CT molecular complexity index is 537. The van der Waals surface area contributed by atoms with Gasteiger partial charge >= 0.3 is 0 Å².